The molecule has 1 aliphatic heterocycles. The van der Waals surface area contributed by atoms with E-state index in [0.29, 0.717) is 11.3 Å². The van der Waals surface area contributed by atoms with Crippen LogP contribution in [0.1, 0.15) is 65.7 Å². The van der Waals surface area contributed by atoms with Crippen molar-refractivity contribution in [3.63, 3.8) is 0 Å². The largest absolute Gasteiger partial charge is 0.330 e. The molecule has 2 fully saturated rings. The lowest BCUT2D eigenvalue weighted by atomic mass is 9.77. The Labute approximate surface area is 120 Å². The van der Waals surface area contributed by atoms with E-state index in [9.17, 15) is 0 Å². The Balaban J connectivity index is 1.92. The Hall–Kier alpha value is -0.0800. The highest BCUT2D eigenvalue weighted by Gasteiger charge is 2.34. The van der Waals surface area contributed by atoms with Crippen molar-refractivity contribution in [1.29, 1.82) is 0 Å². The van der Waals surface area contributed by atoms with Gasteiger partial charge in [-0.1, -0.05) is 33.6 Å². The van der Waals surface area contributed by atoms with Crippen molar-refractivity contribution in [3.05, 3.63) is 0 Å². The number of nitrogens with zero attached hydrogens (tertiary/aromatic N) is 1. The summed E-state index contributed by atoms with van der Waals surface area (Å²) in [4.78, 5) is 2.80. The summed E-state index contributed by atoms with van der Waals surface area (Å²) in [5, 5.41) is 0. The third kappa shape index (κ3) is 4.46. The number of nitrogens with two attached hydrogens (primary N) is 1. The van der Waals surface area contributed by atoms with E-state index in [2.05, 4.69) is 25.7 Å². The maximum Gasteiger partial charge on any atom is 0.0124 e. The first-order valence-corrected chi connectivity index (χ1v) is 8.44. The molecule has 2 aliphatic rings. The minimum absolute atomic E-state index is 0.409. The van der Waals surface area contributed by atoms with E-state index in [0.717, 1.165) is 18.5 Å². The predicted molar refractivity (Wildman–Crippen MR) is 83.2 cm³/mol. The number of piperidine rings is 1. The summed E-state index contributed by atoms with van der Waals surface area (Å²) in [6, 6.07) is 0.886. The number of rotatable bonds is 4. The van der Waals surface area contributed by atoms with E-state index in [4.69, 9.17) is 5.73 Å². The van der Waals surface area contributed by atoms with Gasteiger partial charge in [-0.05, 0) is 62.4 Å². The lowest BCUT2D eigenvalue weighted by Gasteiger charge is -2.45. The van der Waals surface area contributed by atoms with Gasteiger partial charge in [0.25, 0.3) is 0 Å². The predicted octanol–water partition coefficient (Wildman–Crippen LogP) is 3.65. The highest BCUT2D eigenvalue weighted by atomic mass is 15.2. The summed E-state index contributed by atoms with van der Waals surface area (Å²) in [6.07, 6.45) is 9.99. The van der Waals surface area contributed by atoms with Gasteiger partial charge in [0.2, 0.25) is 0 Å². The van der Waals surface area contributed by atoms with Crippen LogP contribution in [0.4, 0.5) is 0 Å². The Bertz CT molecular complexity index is 267. The van der Waals surface area contributed by atoms with Crippen LogP contribution in [0.15, 0.2) is 0 Å². The van der Waals surface area contributed by atoms with Gasteiger partial charge in [0.15, 0.2) is 0 Å². The molecule has 1 saturated heterocycles. The van der Waals surface area contributed by atoms with E-state index in [1.165, 1.54) is 58.0 Å². The van der Waals surface area contributed by atoms with E-state index in [1.54, 1.807) is 0 Å². The maximum atomic E-state index is 6.04. The quantitative estimate of drug-likeness (QED) is 0.841. The molecule has 1 heterocycles. The molecule has 1 saturated carbocycles. The van der Waals surface area contributed by atoms with Gasteiger partial charge in [-0.15, -0.1) is 0 Å². The van der Waals surface area contributed by atoms with Gasteiger partial charge in [0.05, 0.1) is 0 Å². The van der Waals surface area contributed by atoms with Crippen LogP contribution >= 0.6 is 0 Å². The molecule has 1 unspecified atom stereocenters. The van der Waals surface area contributed by atoms with E-state index in [-0.39, 0.29) is 0 Å². The SMILES string of the molecule is CC(C)(C)CC(CN)CN1CCC[C@H]2CCCC[C@H]21. The summed E-state index contributed by atoms with van der Waals surface area (Å²) >= 11 is 0. The molecule has 112 valence electrons. The summed E-state index contributed by atoms with van der Waals surface area (Å²) < 4.78 is 0. The summed E-state index contributed by atoms with van der Waals surface area (Å²) in [5.74, 6) is 1.68. The summed E-state index contributed by atoms with van der Waals surface area (Å²) in [5.41, 5.74) is 6.45. The Kier molecular flexibility index (Phi) is 5.30. The van der Waals surface area contributed by atoms with Gasteiger partial charge in [-0.25, -0.2) is 0 Å². The fourth-order valence-corrected chi connectivity index (χ4v) is 4.37. The molecule has 0 aromatic heterocycles. The molecule has 2 N–H and O–H groups in total. The molecule has 1 aliphatic carbocycles. The van der Waals surface area contributed by atoms with Crippen LogP contribution in [0.2, 0.25) is 0 Å². The fourth-order valence-electron chi connectivity index (χ4n) is 4.37. The van der Waals surface area contributed by atoms with Crippen molar-refractivity contribution in [2.75, 3.05) is 19.6 Å². The summed E-state index contributed by atoms with van der Waals surface area (Å²) in [6.45, 7) is 10.4. The van der Waals surface area contributed by atoms with Crippen molar-refractivity contribution >= 4 is 0 Å². The average Bonchev–Trinajstić information content (AvgIpc) is 2.37. The zero-order chi connectivity index (χ0) is 13.9. The molecule has 2 nitrogen and oxygen atoms in total. The van der Waals surface area contributed by atoms with Crippen molar-refractivity contribution < 1.29 is 0 Å². The van der Waals surface area contributed by atoms with Crippen LogP contribution in [0, 0.1) is 17.3 Å². The van der Waals surface area contributed by atoms with Gasteiger partial charge >= 0.3 is 0 Å². The second-order valence-electron chi connectivity index (χ2n) is 8.12. The molecular formula is C17H34N2. The topological polar surface area (TPSA) is 29.3 Å². The first-order chi connectivity index (χ1) is 8.99. The van der Waals surface area contributed by atoms with Gasteiger partial charge in [-0.2, -0.15) is 0 Å². The molecule has 0 aromatic rings. The third-order valence-electron chi connectivity index (χ3n) is 5.09. The average molecular weight is 266 g/mol. The van der Waals surface area contributed by atoms with Gasteiger partial charge in [-0.3, -0.25) is 4.90 Å². The van der Waals surface area contributed by atoms with Gasteiger partial charge < -0.3 is 5.73 Å². The number of hydrogen-bond donors (Lipinski definition) is 1. The summed E-state index contributed by atoms with van der Waals surface area (Å²) in [7, 11) is 0. The van der Waals surface area contributed by atoms with Crippen molar-refractivity contribution in [2.45, 2.75) is 71.8 Å². The molecule has 2 heteroatoms. The van der Waals surface area contributed by atoms with Crippen molar-refractivity contribution in [1.82, 2.24) is 4.90 Å². The maximum absolute atomic E-state index is 6.04. The zero-order valence-corrected chi connectivity index (χ0v) is 13.3. The minimum Gasteiger partial charge on any atom is -0.330 e. The lowest BCUT2D eigenvalue weighted by Crippen LogP contribution is -2.49. The van der Waals surface area contributed by atoms with Crippen LogP contribution in [-0.2, 0) is 0 Å². The van der Waals surface area contributed by atoms with Crippen LogP contribution in [-0.4, -0.2) is 30.6 Å². The molecule has 19 heavy (non-hydrogen) atoms. The molecule has 0 amide bonds. The Morgan fingerprint density at radius 1 is 1.11 bits per heavy atom. The molecule has 0 spiro atoms. The number of fused-ring (bicyclic) bond motifs is 1. The smallest absolute Gasteiger partial charge is 0.0124 e. The monoisotopic (exact) mass is 266 g/mol. The van der Waals surface area contributed by atoms with Crippen LogP contribution < -0.4 is 5.73 Å². The Morgan fingerprint density at radius 2 is 1.79 bits per heavy atom. The lowest BCUT2D eigenvalue weighted by molar-refractivity contribution is 0.0435. The fraction of sp³-hybridized carbons (Fsp3) is 1.00. The molecular weight excluding hydrogens is 232 g/mol. The second kappa shape index (κ2) is 6.58. The second-order valence-corrected chi connectivity index (χ2v) is 8.12. The standard InChI is InChI=1S/C17H34N2/c1-17(2,3)11-14(12-18)13-19-10-6-8-15-7-4-5-9-16(15)19/h14-16H,4-13,18H2,1-3H3/t14?,15-,16-/m1/s1. The van der Waals surface area contributed by atoms with Crippen molar-refractivity contribution in [3.8, 4) is 0 Å². The third-order valence-corrected chi connectivity index (χ3v) is 5.09. The first-order valence-electron chi connectivity index (χ1n) is 8.44. The normalized spacial score (nSPS) is 30.9. The van der Waals surface area contributed by atoms with Crippen LogP contribution in [0.25, 0.3) is 0 Å². The van der Waals surface area contributed by atoms with Gasteiger partial charge in [0, 0.05) is 12.6 Å². The molecule has 0 radical (unpaired) electrons. The minimum atomic E-state index is 0.409. The highest BCUT2D eigenvalue weighted by Crippen LogP contribution is 2.36. The number of hydrogen-bond acceptors (Lipinski definition) is 2. The molecule has 2 rings (SSSR count). The zero-order valence-electron chi connectivity index (χ0n) is 13.3. The Morgan fingerprint density at radius 3 is 2.47 bits per heavy atom. The first kappa shape index (κ1) is 15.3. The molecule has 0 bridgehead atoms. The molecule has 0 aromatic carbocycles. The highest BCUT2D eigenvalue weighted by molar-refractivity contribution is 4.88. The van der Waals surface area contributed by atoms with E-state index >= 15 is 0 Å². The van der Waals surface area contributed by atoms with Gasteiger partial charge in [0.1, 0.15) is 0 Å². The van der Waals surface area contributed by atoms with Crippen molar-refractivity contribution in [2.24, 2.45) is 23.0 Å². The van der Waals surface area contributed by atoms with E-state index in [1.807, 2.05) is 0 Å². The van der Waals surface area contributed by atoms with E-state index < -0.39 is 0 Å². The molecule has 3 atom stereocenters. The van der Waals surface area contributed by atoms with Crippen LogP contribution in [0.3, 0.4) is 0 Å². The van der Waals surface area contributed by atoms with Crippen LogP contribution in [0.5, 0.6) is 0 Å². The number of likely N-dealkylation sites (tertiary alicyclic amines) is 1.